The first kappa shape index (κ1) is 13.6. The number of para-hydroxylation sites is 1. The van der Waals surface area contributed by atoms with Crippen molar-refractivity contribution in [2.75, 3.05) is 7.11 Å². The summed E-state index contributed by atoms with van der Waals surface area (Å²) in [6.45, 7) is 2.06. The van der Waals surface area contributed by atoms with Gasteiger partial charge in [0.2, 0.25) is 0 Å². The van der Waals surface area contributed by atoms with Gasteiger partial charge in [0.15, 0.2) is 0 Å². The Morgan fingerprint density at radius 1 is 1.35 bits per heavy atom. The number of benzene rings is 1. The second-order valence-electron chi connectivity index (χ2n) is 5.72. The molecule has 1 fully saturated rings. The minimum Gasteiger partial charge on any atom is -0.459 e. The van der Waals surface area contributed by atoms with Crippen molar-refractivity contribution in [1.29, 1.82) is 0 Å². The molecule has 4 heteroatoms. The number of aryl methyl sites for hydroxylation is 1. The van der Waals surface area contributed by atoms with Crippen LogP contribution in [0.15, 0.2) is 28.7 Å². The third kappa shape index (κ3) is 2.04. The number of nitrogens with two attached hydrogens (primary N) is 1. The van der Waals surface area contributed by atoms with Crippen LogP contribution in [0.4, 0.5) is 0 Å². The Morgan fingerprint density at radius 2 is 2.10 bits per heavy atom. The van der Waals surface area contributed by atoms with Gasteiger partial charge in [-0.2, -0.15) is 0 Å². The molecule has 3 N–H and O–H groups in total. The molecule has 1 aliphatic rings. The van der Waals surface area contributed by atoms with Crippen molar-refractivity contribution in [1.82, 2.24) is 5.43 Å². The largest absolute Gasteiger partial charge is 0.459 e. The van der Waals surface area contributed by atoms with E-state index in [0.29, 0.717) is 0 Å². The average Bonchev–Trinajstić information content (AvgIpc) is 3.08. The van der Waals surface area contributed by atoms with Crippen LogP contribution in [0.25, 0.3) is 11.0 Å². The van der Waals surface area contributed by atoms with Gasteiger partial charge in [0.1, 0.15) is 17.4 Å². The van der Waals surface area contributed by atoms with Crippen molar-refractivity contribution in [2.45, 2.75) is 44.2 Å². The number of furan rings is 1. The summed E-state index contributed by atoms with van der Waals surface area (Å²) in [6.07, 6.45) is 4.36. The Labute approximate surface area is 119 Å². The minimum absolute atomic E-state index is 0.109. The lowest BCUT2D eigenvalue weighted by atomic mass is 9.90. The first-order valence-corrected chi connectivity index (χ1v) is 7.20. The predicted molar refractivity (Wildman–Crippen MR) is 79.2 cm³/mol. The highest BCUT2D eigenvalue weighted by molar-refractivity contribution is 5.81. The van der Waals surface area contributed by atoms with Gasteiger partial charge in [-0.05, 0) is 31.4 Å². The van der Waals surface area contributed by atoms with Crippen LogP contribution in [0.1, 0.15) is 43.0 Å². The molecule has 1 saturated carbocycles. The summed E-state index contributed by atoms with van der Waals surface area (Å²) in [7, 11) is 1.77. The van der Waals surface area contributed by atoms with Gasteiger partial charge in [0, 0.05) is 12.5 Å². The van der Waals surface area contributed by atoms with Gasteiger partial charge in [0.05, 0.1) is 5.60 Å². The molecule has 1 heterocycles. The topological polar surface area (TPSA) is 60.4 Å². The molecule has 1 aliphatic carbocycles. The zero-order valence-corrected chi connectivity index (χ0v) is 12.1. The monoisotopic (exact) mass is 274 g/mol. The van der Waals surface area contributed by atoms with Crippen LogP contribution in [0.3, 0.4) is 0 Å². The quantitative estimate of drug-likeness (QED) is 0.664. The number of ether oxygens (including phenoxy) is 1. The van der Waals surface area contributed by atoms with Gasteiger partial charge in [-0.1, -0.05) is 31.0 Å². The lowest BCUT2D eigenvalue weighted by Gasteiger charge is -2.34. The summed E-state index contributed by atoms with van der Waals surface area (Å²) in [5.41, 5.74) is 4.74. The van der Waals surface area contributed by atoms with E-state index < -0.39 is 0 Å². The highest BCUT2D eigenvalue weighted by Crippen LogP contribution is 2.43. The molecule has 108 valence electrons. The summed E-state index contributed by atoms with van der Waals surface area (Å²) in [5.74, 6) is 6.68. The van der Waals surface area contributed by atoms with Crippen LogP contribution in [-0.4, -0.2) is 12.7 Å². The van der Waals surface area contributed by atoms with E-state index >= 15 is 0 Å². The van der Waals surface area contributed by atoms with Gasteiger partial charge >= 0.3 is 0 Å². The van der Waals surface area contributed by atoms with Gasteiger partial charge in [-0.3, -0.25) is 5.84 Å². The summed E-state index contributed by atoms with van der Waals surface area (Å²) < 4.78 is 11.9. The van der Waals surface area contributed by atoms with E-state index in [9.17, 15) is 0 Å². The molecule has 1 atom stereocenters. The predicted octanol–water partition coefficient (Wildman–Crippen LogP) is 3.20. The maximum Gasteiger partial charge on any atom is 0.137 e. The Hall–Kier alpha value is -1.36. The third-order valence-electron chi connectivity index (χ3n) is 4.59. The summed E-state index contributed by atoms with van der Waals surface area (Å²) in [4.78, 5) is 0. The SMILES string of the molecule is COC1(C(NN)c2cc3cccc(C)c3o2)CCCC1. The van der Waals surface area contributed by atoms with Crippen molar-refractivity contribution in [3.05, 3.63) is 35.6 Å². The molecule has 0 saturated heterocycles. The molecular weight excluding hydrogens is 252 g/mol. The van der Waals surface area contributed by atoms with E-state index in [1.807, 2.05) is 6.07 Å². The standard InChI is InChI=1S/C16H22N2O2/c1-11-6-5-7-12-10-13(20-14(11)12)15(18-17)16(19-2)8-3-4-9-16/h5-7,10,15,18H,3-4,8-9,17H2,1-2H3. The Kier molecular flexibility index (Phi) is 3.54. The summed E-state index contributed by atoms with van der Waals surface area (Å²) in [5, 5.41) is 1.12. The molecule has 3 rings (SSSR count). The van der Waals surface area contributed by atoms with Crippen LogP contribution >= 0.6 is 0 Å². The fourth-order valence-corrected chi connectivity index (χ4v) is 3.45. The second-order valence-corrected chi connectivity index (χ2v) is 5.72. The van der Waals surface area contributed by atoms with Crippen molar-refractivity contribution >= 4 is 11.0 Å². The molecule has 1 aromatic heterocycles. The number of hydrogen-bond acceptors (Lipinski definition) is 4. The van der Waals surface area contributed by atoms with Crippen LogP contribution in [0, 0.1) is 6.92 Å². The molecule has 4 nitrogen and oxygen atoms in total. The van der Waals surface area contributed by atoms with Crippen LogP contribution in [-0.2, 0) is 4.74 Å². The fourth-order valence-electron chi connectivity index (χ4n) is 3.45. The molecule has 0 radical (unpaired) electrons. The van der Waals surface area contributed by atoms with E-state index in [0.717, 1.165) is 35.1 Å². The first-order chi connectivity index (χ1) is 9.70. The number of rotatable bonds is 4. The maximum absolute atomic E-state index is 6.07. The number of fused-ring (bicyclic) bond motifs is 1. The molecule has 0 spiro atoms. The molecular formula is C16H22N2O2. The highest BCUT2D eigenvalue weighted by Gasteiger charge is 2.43. The molecule has 0 aliphatic heterocycles. The van der Waals surface area contributed by atoms with Crippen LogP contribution in [0.2, 0.25) is 0 Å². The zero-order chi connectivity index (χ0) is 14.2. The summed E-state index contributed by atoms with van der Waals surface area (Å²) >= 11 is 0. The van der Waals surface area contributed by atoms with Crippen molar-refractivity contribution < 1.29 is 9.15 Å². The second kappa shape index (κ2) is 5.20. The number of hydrazine groups is 1. The van der Waals surface area contributed by atoms with Crippen LogP contribution < -0.4 is 11.3 Å². The first-order valence-electron chi connectivity index (χ1n) is 7.20. The Morgan fingerprint density at radius 3 is 2.70 bits per heavy atom. The van der Waals surface area contributed by atoms with Crippen LogP contribution in [0.5, 0.6) is 0 Å². The summed E-state index contributed by atoms with van der Waals surface area (Å²) in [6, 6.07) is 8.14. The fraction of sp³-hybridized carbons (Fsp3) is 0.500. The normalized spacial score (nSPS) is 19.6. The van der Waals surface area contributed by atoms with Gasteiger partial charge in [-0.15, -0.1) is 0 Å². The van der Waals surface area contributed by atoms with Gasteiger partial charge < -0.3 is 9.15 Å². The lowest BCUT2D eigenvalue weighted by molar-refractivity contribution is -0.0418. The number of methoxy groups -OCH3 is 1. The van der Waals surface area contributed by atoms with E-state index in [1.54, 1.807) is 7.11 Å². The van der Waals surface area contributed by atoms with E-state index in [4.69, 9.17) is 15.0 Å². The smallest absolute Gasteiger partial charge is 0.137 e. The Bertz CT molecular complexity index is 600. The number of nitrogens with one attached hydrogen (secondary N) is 1. The van der Waals surface area contributed by atoms with E-state index in [-0.39, 0.29) is 11.6 Å². The van der Waals surface area contributed by atoms with E-state index in [1.165, 1.54) is 12.8 Å². The van der Waals surface area contributed by atoms with Crippen molar-refractivity contribution in [3.63, 3.8) is 0 Å². The Balaban J connectivity index is 2.05. The molecule has 1 aromatic carbocycles. The average molecular weight is 274 g/mol. The molecule has 0 amide bonds. The molecule has 0 bridgehead atoms. The zero-order valence-electron chi connectivity index (χ0n) is 12.1. The van der Waals surface area contributed by atoms with Gasteiger partial charge in [-0.25, -0.2) is 5.43 Å². The molecule has 1 unspecified atom stereocenters. The highest BCUT2D eigenvalue weighted by atomic mass is 16.5. The van der Waals surface area contributed by atoms with Crippen molar-refractivity contribution in [3.8, 4) is 0 Å². The minimum atomic E-state index is -0.253. The molecule has 2 aromatic rings. The molecule has 20 heavy (non-hydrogen) atoms. The van der Waals surface area contributed by atoms with Crippen molar-refractivity contribution in [2.24, 2.45) is 5.84 Å². The van der Waals surface area contributed by atoms with Gasteiger partial charge in [0.25, 0.3) is 0 Å². The third-order valence-corrected chi connectivity index (χ3v) is 4.59. The number of hydrogen-bond donors (Lipinski definition) is 2. The maximum atomic E-state index is 6.07. The lowest BCUT2D eigenvalue weighted by Crippen LogP contribution is -2.46. The van der Waals surface area contributed by atoms with E-state index in [2.05, 4.69) is 30.5 Å².